The largest absolute Gasteiger partial charge is 0.490 e. The van der Waals surface area contributed by atoms with E-state index < -0.39 is 10.8 Å². The fourth-order valence-electron chi connectivity index (χ4n) is 1.84. The zero-order valence-corrected chi connectivity index (χ0v) is 12.7. The molecule has 7 heteroatoms. The van der Waals surface area contributed by atoms with Gasteiger partial charge in [-0.1, -0.05) is 20.8 Å². The molecule has 116 valence electrons. The van der Waals surface area contributed by atoms with Crippen LogP contribution in [0.15, 0.2) is 18.2 Å². The number of nitrogens with zero attached hydrogens (tertiary/aromatic N) is 1. The summed E-state index contributed by atoms with van der Waals surface area (Å²) in [5, 5.41) is 13.8. The Balaban J connectivity index is 3.03. The summed E-state index contributed by atoms with van der Waals surface area (Å²) < 4.78 is 4.90. The highest BCUT2D eigenvalue weighted by Gasteiger charge is 2.26. The fraction of sp³-hybridized carbons (Fsp3) is 0.500. The molecule has 0 aliphatic carbocycles. The standard InChI is InChI=1S/C14H21N3O4/c1-14(2,3)12(8-15)16-13(18)9-5-6-11(21-4)10(7-9)17(19)20/h5-7,12H,8,15H2,1-4H3,(H,16,18). The minimum absolute atomic E-state index is 0.114. The first kappa shape index (κ1) is 16.9. The number of amides is 1. The van der Waals surface area contributed by atoms with Gasteiger partial charge in [0.05, 0.1) is 12.0 Å². The number of methoxy groups -OCH3 is 1. The van der Waals surface area contributed by atoms with Crippen LogP contribution in [0.3, 0.4) is 0 Å². The van der Waals surface area contributed by atoms with Gasteiger partial charge in [0.25, 0.3) is 5.91 Å². The highest BCUT2D eigenvalue weighted by atomic mass is 16.6. The van der Waals surface area contributed by atoms with Gasteiger partial charge in [-0.15, -0.1) is 0 Å². The van der Waals surface area contributed by atoms with Crippen LogP contribution >= 0.6 is 0 Å². The molecule has 1 aromatic rings. The molecule has 0 radical (unpaired) electrons. The molecule has 0 fully saturated rings. The lowest BCUT2D eigenvalue weighted by Crippen LogP contribution is -2.48. The number of benzene rings is 1. The average molecular weight is 295 g/mol. The van der Waals surface area contributed by atoms with Crippen molar-refractivity contribution in [2.24, 2.45) is 11.1 Å². The van der Waals surface area contributed by atoms with Gasteiger partial charge in [0, 0.05) is 24.2 Å². The molecule has 0 aromatic heterocycles. The molecule has 7 nitrogen and oxygen atoms in total. The summed E-state index contributed by atoms with van der Waals surface area (Å²) >= 11 is 0. The summed E-state index contributed by atoms with van der Waals surface area (Å²) in [5.74, 6) is -0.283. The Morgan fingerprint density at radius 3 is 2.52 bits per heavy atom. The van der Waals surface area contributed by atoms with E-state index in [-0.39, 0.29) is 35.0 Å². The number of carbonyl (C=O) groups excluding carboxylic acids is 1. The number of nitrogens with one attached hydrogen (secondary N) is 1. The Morgan fingerprint density at radius 1 is 1.48 bits per heavy atom. The van der Waals surface area contributed by atoms with E-state index in [9.17, 15) is 14.9 Å². The number of rotatable bonds is 5. The third kappa shape index (κ3) is 4.16. The van der Waals surface area contributed by atoms with Crippen molar-refractivity contribution in [2.75, 3.05) is 13.7 Å². The van der Waals surface area contributed by atoms with E-state index in [2.05, 4.69) is 5.32 Å². The SMILES string of the molecule is COc1ccc(C(=O)NC(CN)C(C)(C)C)cc1[N+](=O)[O-]. The Bertz CT molecular complexity index is 538. The van der Waals surface area contributed by atoms with Crippen molar-refractivity contribution in [3.05, 3.63) is 33.9 Å². The molecule has 0 aliphatic heterocycles. The molecule has 1 atom stereocenters. The molecule has 0 saturated heterocycles. The number of nitrogens with two attached hydrogens (primary N) is 1. The fourth-order valence-corrected chi connectivity index (χ4v) is 1.84. The van der Waals surface area contributed by atoms with Gasteiger partial charge in [-0.05, 0) is 17.5 Å². The van der Waals surface area contributed by atoms with Gasteiger partial charge in [0.2, 0.25) is 0 Å². The Kier molecular flexibility index (Phi) is 5.26. The molecular formula is C14H21N3O4. The predicted molar refractivity (Wildman–Crippen MR) is 79.4 cm³/mol. The highest BCUT2D eigenvalue weighted by molar-refractivity contribution is 5.95. The number of hydrogen-bond acceptors (Lipinski definition) is 5. The molecule has 0 saturated carbocycles. The first-order valence-electron chi connectivity index (χ1n) is 6.54. The number of ether oxygens (including phenoxy) is 1. The van der Waals surface area contributed by atoms with Crippen molar-refractivity contribution in [1.82, 2.24) is 5.32 Å². The minimum Gasteiger partial charge on any atom is -0.490 e. The second-order valence-corrected chi connectivity index (χ2v) is 5.77. The van der Waals surface area contributed by atoms with E-state index in [4.69, 9.17) is 10.5 Å². The second-order valence-electron chi connectivity index (χ2n) is 5.77. The van der Waals surface area contributed by atoms with Crippen molar-refractivity contribution in [3.8, 4) is 5.75 Å². The van der Waals surface area contributed by atoms with Gasteiger partial charge in [-0.25, -0.2) is 0 Å². The first-order chi connectivity index (χ1) is 9.70. The van der Waals surface area contributed by atoms with Gasteiger partial charge in [-0.3, -0.25) is 14.9 Å². The maximum absolute atomic E-state index is 12.2. The molecule has 0 spiro atoms. The van der Waals surface area contributed by atoms with E-state index >= 15 is 0 Å². The van der Waals surface area contributed by atoms with Crippen LogP contribution < -0.4 is 15.8 Å². The van der Waals surface area contributed by atoms with Crippen molar-refractivity contribution in [2.45, 2.75) is 26.8 Å². The van der Waals surface area contributed by atoms with Crippen molar-refractivity contribution in [1.29, 1.82) is 0 Å². The van der Waals surface area contributed by atoms with Gasteiger partial charge in [0.1, 0.15) is 0 Å². The molecule has 0 bridgehead atoms. The molecule has 21 heavy (non-hydrogen) atoms. The quantitative estimate of drug-likeness (QED) is 0.635. The van der Waals surface area contributed by atoms with Gasteiger partial charge in [-0.2, -0.15) is 0 Å². The summed E-state index contributed by atoms with van der Waals surface area (Å²) in [6.07, 6.45) is 0. The van der Waals surface area contributed by atoms with Gasteiger partial charge in [0.15, 0.2) is 5.75 Å². The van der Waals surface area contributed by atoms with E-state index in [0.717, 1.165) is 0 Å². The maximum atomic E-state index is 12.2. The van der Waals surface area contributed by atoms with Crippen molar-refractivity contribution >= 4 is 11.6 Å². The Morgan fingerprint density at radius 2 is 2.10 bits per heavy atom. The lowest BCUT2D eigenvalue weighted by Gasteiger charge is -2.30. The van der Waals surface area contributed by atoms with E-state index in [1.54, 1.807) is 0 Å². The van der Waals surface area contributed by atoms with Gasteiger partial charge >= 0.3 is 5.69 Å². The number of nitro groups is 1. The Labute approximate surface area is 123 Å². The molecule has 1 aromatic carbocycles. The van der Waals surface area contributed by atoms with Crippen LogP contribution in [0.1, 0.15) is 31.1 Å². The van der Waals surface area contributed by atoms with Gasteiger partial charge < -0.3 is 15.8 Å². The summed E-state index contributed by atoms with van der Waals surface area (Å²) in [7, 11) is 1.34. The van der Waals surface area contributed by atoms with E-state index in [1.807, 2.05) is 20.8 Å². The number of carbonyl (C=O) groups is 1. The number of nitro benzene ring substituents is 1. The van der Waals surface area contributed by atoms with Crippen LogP contribution in [0.4, 0.5) is 5.69 Å². The Hall–Kier alpha value is -2.15. The minimum atomic E-state index is -0.584. The number of hydrogen-bond donors (Lipinski definition) is 2. The second kappa shape index (κ2) is 6.53. The maximum Gasteiger partial charge on any atom is 0.311 e. The topological polar surface area (TPSA) is 107 Å². The lowest BCUT2D eigenvalue weighted by molar-refractivity contribution is -0.385. The van der Waals surface area contributed by atoms with Crippen LogP contribution in [0.2, 0.25) is 0 Å². The molecule has 3 N–H and O–H groups in total. The van der Waals surface area contributed by atoms with E-state index in [0.29, 0.717) is 0 Å². The molecule has 1 amide bonds. The normalized spacial score (nSPS) is 12.6. The summed E-state index contributed by atoms with van der Waals surface area (Å²) in [6, 6.07) is 3.86. The smallest absolute Gasteiger partial charge is 0.311 e. The zero-order chi connectivity index (χ0) is 16.2. The molecule has 1 unspecified atom stereocenters. The summed E-state index contributed by atoms with van der Waals surface area (Å²) in [5.41, 5.74) is 5.41. The van der Waals surface area contributed by atoms with E-state index in [1.165, 1.54) is 25.3 Å². The van der Waals surface area contributed by atoms with Crippen LogP contribution in [-0.2, 0) is 0 Å². The van der Waals surface area contributed by atoms with Crippen molar-refractivity contribution in [3.63, 3.8) is 0 Å². The molecule has 0 aliphatic rings. The average Bonchev–Trinajstić information content (AvgIpc) is 2.42. The first-order valence-corrected chi connectivity index (χ1v) is 6.54. The molecular weight excluding hydrogens is 274 g/mol. The van der Waals surface area contributed by atoms with Crippen LogP contribution in [0.25, 0.3) is 0 Å². The van der Waals surface area contributed by atoms with Crippen LogP contribution in [0.5, 0.6) is 5.75 Å². The summed E-state index contributed by atoms with van der Waals surface area (Å²) in [6.45, 7) is 6.16. The van der Waals surface area contributed by atoms with Crippen molar-refractivity contribution < 1.29 is 14.5 Å². The zero-order valence-electron chi connectivity index (χ0n) is 12.7. The third-order valence-electron chi connectivity index (χ3n) is 3.22. The predicted octanol–water partition coefficient (Wildman–Crippen LogP) is 1.71. The lowest BCUT2D eigenvalue weighted by atomic mass is 9.86. The highest BCUT2D eigenvalue weighted by Crippen LogP contribution is 2.27. The van der Waals surface area contributed by atoms with Crippen LogP contribution in [-0.4, -0.2) is 30.5 Å². The summed E-state index contributed by atoms with van der Waals surface area (Å²) in [4.78, 5) is 22.6. The monoisotopic (exact) mass is 295 g/mol. The molecule has 0 heterocycles. The third-order valence-corrected chi connectivity index (χ3v) is 3.22. The van der Waals surface area contributed by atoms with Crippen LogP contribution in [0, 0.1) is 15.5 Å². The molecule has 1 rings (SSSR count).